The quantitative estimate of drug-likeness (QED) is 0.688. The van der Waals surface area contributed by atoms with Crippen molar-refractivity contribution in [1.29, 1.82) is 0 Å². The Labute approximate surface area is 139 Å². The molecule has 4 heteroatoms. The first-order valence-corrected chi connectivity index (χ1v) is 8.19. The van der Waals surface area contributed by atoms with Gasteiger partial charge in [-0.05, 0) is 5.56 Å². The van der Waals surface area contributed by atoms with E-state index in [2.05, 4.69) is 32.6 Å². The maximum Gasteiger partial charge on any atom is 0.162 e. The Morgan fingerprint density at radius 1 is 1.17 bits per heavy atom. The van der Waals surface area contributed by atoms with Gasteiger partial charge in [-0.3, -0.25) is 0 Å². The Kier molecular flexibility index (Phi) is 7.24. The molecule has 1 fully saturated rings. The molecule has 2 rings (SSSR count). The first kappa shape index (κ1) is 18.1. The van der Waals surface area contributed by atoms with E-state index in [0.29, 0.717) is 19.8 Å². The van der Waals surface area contributed by atoms with Crippen LogP contribution < -0.4 is 0 Å². The second-order valence-corrected chi connectivity index (χ2v) is 6.08. The minimum atomic E-state index is -0.272. The fraction of sp³-hybridized carbons (Fsp3) is 0.579. The number of hydrogen-bond donors (Lipinski definition) is 0. The SMILES string of the molecule is C=CCO[C@@H]1C(C)[C@@H](OC)OC(COCc2ccccc2)[C@@H]1C. The van der Waals surface area contributed by atoms with Gasteiger partial charge in [0.1, 0.15) is 0 Å². The molecule has 0 amide bonds. The molecular formula is C19H28O4. The lowest BCUT2D eigenvalue weighted by molar-refractivity contribution is -0.267. The molecule has 0 bridgehead atoms. The molecular weight excluding hydrogens is 292 g/mol. The van der Waals surface area contributed by atoms with Crippen molar-refractivity contribution in [3.8, 4) is 0 Å². The van der Waals surface area contributed by atoms with Gasteiger partial charge in [0.05, 0.1) is 32.0 Å². The number of benzene rings is 1. The molecule has 1 aromatic carbocycles. The van der Waals surface area contributed by atoms with Gasteiger partial charge in [0, 0.05) is 18.9 Å². The molecule has 23 heavy (non-hydrogen) atoms. The van der Waals surface area contributed by atoms with Crippen LogP contribution in [0.5, 0.6) is 0 Å². The van der Waals surface area contributed by atoms with Crippen LogP contribution in [0, 0.1) is 11.8 Å². The van der Waals surface area contributed by atoms with Gasteiger partial charge in [-0.25, -0.2) is 0 Å². The van der Waals surface area contributed by atoms with E-state index in [1.165, 1.54) is 0 Å². The monoisotopic (exact) mass is 320 g/mol. The molecule has 1 aliphatic rings. The summed E-state index contributed by atoms with van der Waals surface area (Å²) in [6.07, 6.45) is 1.52. The molecule has 1 aromatic rings. The van der Waals surface area contributed by atoms with E-state index in [1.807, 2.05) is 18.2 Å². The highest BCUT2D eigenvalue weighted by Gasteiger charge is 2.42. The van der Waals surface area contributed by atoms with Crippen molar-refractivity contribution >= 4 is 0 Å². The van der Waals surface area contributed by atoms with E-state index in [0.717, 1.165) is 5.56 Å². The van der Waals surface area contributed by atoms with Crippen LogP contribution in [0.2, 0.25) is 0 Å². The Morgan fingerprint density at radius 2 is 1.91 bits per heavy atom. The van der Waals surface area contributed by atoms with E-state index in [9.17, 15) is 0 Å². The zero-order valence-corrected chi connectivity index (χ0v) is 14.3. The van der Waals surface area contributed by atoms with Gasteiger partial charge in [0.25, 0.3) is 0 Å². The highest BCUT2D eigenvalue weighted by Crippen LogP contribution is 2.33. The standard InChI is InChI=1S/C19H28O4/c1-5-11-22-18-14(2)17(23-19(20-4)15(18)3)13-21-12-16-9-7-6-8-10-16/h5-10,14-15,17-19H,1,11-13H2,2-4H3/t14-,15?,17?,18-,19-/m0/s1. The summed E-state index contributed by atoms with van der Waals surface area (Å²) in [5.41, 5.74) is 1.16. The van der Waals surface area contributed by atoms with Gasteiger partial charge < -0.3 is 18.9 Å². The van der Waals surface area contributed by atoms with Gasteiger partial charge in [-0.15, -0.1) is 6.58 Å². The van der Waals surface area contributed by atoms with Crippen molar-refractivity contribution < 1.29 is 18.9 Å². The topological polar surface area (TPSA) is 36.9 Å². The van der Waals surface area contributed by atoms with Crippen molar-refractivity contribution in [1.82, 2.24) is 0 Å². The first-order valence-electron chi connectivity index (χ1n) is 8.19. The predicted molar refractivity (Wildman–Crippen MR) is 90.0 cm³/mol. The molecule has 0 saturated carbocycles. The van der Waals surface area contributed by atoms with Crippen LogP contribution in [0.25, 0.3) is 0 Å². The number of hydrogen-bond acceptors (Lipinski definition) is 4. The number of methoxy groups -OCH3 is 1. The van der Waals surface area contributed by atoms with Crippen molar-refractivity contribution in [2.45, 2.75) is 39.0 Å². The molecule has 4 nitrogen and oxygen atoms in total. The smallest absolute Gasteiger partial charge is 0.162 e. The summed E-state index contributed by atoms with van der Waals surface area (Å²) in [5, 5.41) is 0. The van der Waals surface area contributed by atoms with E-state index < -0.39 is 0 Å². The van der Waals surface area contributed by atoms with Crippen LogP contribution in [0.3, 0.4) is 0 Å². The summed E-state index contributed by atoms with van der Waals surface area (Å²) in [6.45, 7) is 9.61. The highest BCUT2D eigenvalue weighted by atomic mass is 16.7. The van der Waals surface area contributed by atoms with Crippen molar-refractivity contribution in [2.24, 2.45) is 11.8 Å². The van der Waals surface area contributed by atoms with Crippen LogP contribution in [-0.4, -0.2) is 38.8 Å². The molecule has 0 aliphatic carbocycles. The second kappa shape index (κ2) is 9.18. The molecule has 1 saturated heterocycles. The van der Waals surface area contributed by atoms with E-state index in [1.54, 1.807) is 13.2 Å². The van der Waals surface area contributed by atoms with Crippen LogP contribution >= 0.6 is 0 Å². The largest absolute Gasteiger partial charge is 0.374 e. The molecule has 0 spiro atoms. The minimum absolute atomic E-state index is 0.0466. The van der Waals surface area contributed by atoms with Gasteiger partial charge in [-0.2, -0.15) is 0 Å². The molecule has 0 N–H and O–H groups in total. The maximum absolute atomic E-state index is 6.06. The summed E-state index contributed by atoms with van der Waals surface area (Å²) in [6, 6.07) is 10.1. The van der Waals surface area contributed by atoms with Gasteiger partial charge >= 0.3 is 0 Å². The minimum Gasteiger partial charge on any atom is -0.374 e. The van der Waals surface area contributed by atoms with Crippen molar-refractivity contribution in [3.05, 3.63) is 48.6 Å². The first-order chi connectivity index (χ1) is 11.2. The van der Waals surface area contributed by atoms with E-state index >= 15 is 0 Å². The van der Waals surface area contributed by atoms with Gasteiger partial charge in [-0.1, -0.05) is 50.3 Å². The number of rotatable bonds is 8. The molecule has 1 heterocycles. The lowest BCUT2D eigenvalue weighted by Crippen LogP contribution is -2.52. The van der Waals surface area contributed by atoms with Crippen LogP contribution in [0.4, 0.5) is 0 Å². The van der Waals surface area contributed by atoms with Gasteiger partial charge in [0.15, 0.2) is 6.29 Å². The lowest BCUT2D eigenvalue weighted by Gasteiger charge is -2.43. The molecule has 0 radical (unpaired) electrons. The zero-order valence-electron chi connectivity index (χ0n) is 14.3. The van der Waals surface area contributed by atoms with Crippen LogP contribution in [0.15, 0.2) is 43.0 Å². The summed E-state index contributed by atoms with van der Waals surface area (Å²) in [7, 11) is 1.67. The fourth-order valence-corrected chi connectivity index (χ4v) is 3.08. The van der Waals surface area contributed by atoms with Gasteiger partial charge in [0.2, 0.25) is 0 Å². The number of ether oxygens (including phenoxy) is 4. The Balaban J connectivity index is 1.92. The van der Waals surface area contributed by atoms with Crippen LogP contribution in [0.1, 0.15) is 19.4 Å². The maximum atomic E-state index is 6.06. The highest BCUT2D eigenvalue weighted by molar-refractivity contribution is 5.13. The van der Waals surface area contributed by atoms with E-state index in [-0.39, 0.29) is 30.3 Å². The molecule has 2 unspecified atom stereocenters. The summed E-state index contributed by atoms with van der Waals surface area (Å²) < 4.78 is 23.3. The van der Waals surface area contributed by atoms with Crippen molar-refractivity contribution in [3.63, 3.8) is 0 Å². The second-order valence-electron chi connectivity index (χ2n) is 6.08. The summed E-state index contributed by atoms with van der Waals surface area (Å²) >= 11 is 0. The van der Waals surface area contributed by atoms with Crippen molar-refractivity contribution in [2.75, 3.05) is 20.3 Å². The molecule has 128 valence electrons. The zero-order chi connectivity index (χ0) is 16.7. The van der Waals surface area contributed by atoms with E-state index in [4.69, 9.17) is 18.9 Å². The summed E-state index contributed by atoms with van der Waals surface area (Å²) in [5.74, 6) is 0.396. The van der Waals surface area contributed by atoms with Crippen LogP contribution in [-0.2, 0) is 25.6 Å². The third-order valence-corrected chi connectivity index (χ3v) is 4.39. The fourth-order valence-electron chi connectivity index (χ4n) is 3.08. The average molecular weight is 320 g/mol. The average Bonchev–Trinajstić information content (AvgIpc) is 2.58. The Bertz CT molecular complexity index is 462. The molecule has 1 aliphatic heterocycles. The Morgan fingerprint density at radius 3 is 2.57 bits per heavy atom. The summed E-state index contributed by atoms with van der Waals surface area (Å²) in [4.78, 5) is 0. The Hall–Kier alpha value is -1.20. The predicted octanol–water partition coefficient (Wildman–Crippen LogP) is 3.42. The normalized spacial score (nSPS) is 31.0. The third kappa shape index (κ3) is 4.88. The third-order valence-electron chi connectivity index (χ3n) is 4.39. The lowest BCUT2D eigenvalue weighted by atomic mass is 9.86. The molecule has 0 aromatic heterocycles. The molecule has 5 atom stereocenters.